The van der Waals surface area contributed by atoms with E-state index in [1.165, 1.54) is 18.3 Å². The number of nitriles is 1. The van der Waals surface area contributed by atoms with E-state index in [0.29, 0.717) is 0 Å². The SMILES string of the molecule is CC(C)c1ccccc1N/C=C(/C#N)C(=O)Nc1ccc(Cl)c([N+](=O)[O-])c1. The number of amides is 1. The Bertz CT molecular complexity index is 948. The Morgan fingerprint density at radius 2 is 2.00 bits per heavy atom. The monoisotopic (exact) mass is 384 g/mol. The third kappa shape index (κ3) is 5.06. The number of nitrogens with zero attached hydrogens (tertiary/aromatic N) is 2. The molecule has 2 rings (SSSR count). The van der Waals surface area contributed by atoms with Crippen LogP contribution in [0.4, 0.5) is 17.1 Å². The van der Waals surface area contributed by atoms with Crippen LogP contribution in [-0.4, -0.2) is 10.8 Å². The first-order chi connectivity index (χ1) is 12.8. The summed E-state index contributed by atoms with van der Waals surface area (Å²) in [5.41, 5.74) is 1.49. The summed E-state index contributed by atoms with van der Waals surface area (Å²) in [6.07, 6.45) is 1.31. The molecular weight excluding hydrogens is 368 g/mol. The summed E-state index contributed by atoms with van der Waals surface area (Å²) in [5, 5.41) is 25.6. The standard InChI is InChI=1S/C19H17ClN4O3/c1-12(2)15-5-3-4-6-17(15)22-11-13(10-21)19(25)23-14-7-8-16(20)18(9-14)24(26)27/h3-9,11-12,22H,1-2H3,(H,23,25)/b13-11-. The number of anilines is 2. The molecule has 0 heterocycles. The molecule has 0 aliphatic carbocycles. The highest BCUT2D eigenvalue weighted by Gasteiger charge is 2.16. The van der Waals surface area contributed by atoms with E-state index in [4.69, 9.17) is 11.6 Å². The predicted molar refractivity (Wildman–Crippen MR) is 105 cm³/mol. The van der Waals surface area contributed by atoms with Gasteiger partial charge in [0.15, 0.2) is 0 Å². The third-order valence-corrected chi connectivity index (χ3v) is 4.04. The van der Waals surface area contributed by atoms with Gasteiger partial charge in [-0.2, -0.15) is 5.26 Å². The molecule has 0 fully saturated rings. The lowest BCUT2D eigenvalue weighted by atomic mass is 10.0. The Hall–Kier alpha value is -3.37. The Labute approximate surface area is 161 Å². The summed E-state index contributed by atoms with van der Waals surface area (Å²) >= 11 is 5.75. The number of carbonyl (C=O) groups is 1. The van der Waals surface area contributed by atoms with Crippen molar-refractivity contribution in [2.24, 2.45) is 0 Å². The first kappa shape index (κ1) is 19.9. The highest BCUT2D eigenvalue weighted by Crippen LogP contribution is 2.27. The van der Waals surface area contributed by atoms with Crippen LogP contribution >= 0.6 is 11.6 Å². The topological polar surface area (TPSA) is 108 Å². The summed E-state index contributed by atoms with van der Waals surface area (Å²) in [4.78, 5) is 22.6. The van der Waals surface area contributed by atoms with Crippen molar-refractivity contribution in [3.05, 3.63) is 74.9 Å². The molecule has 0 atom stereocenters. The van der Waals surface area contributed by atoms with Gasteiger partial charge in [-0.15, -0.1) is 0 Å². The van der Waals surface area contributed by atoms with Crippen molar-refractivity contribution in [2.75, 3.05) is 10.6 Å². The van der Waals surface area contributed by atoms with E-state index < -0.39 is 10.8 Å². The van der Waals surface area contributed by atoms with Crippen molar-refractivity contribution in [3.8, 4) is 6.07 Å². The van der Waals surface area contributed by atoms with Crippen LogP contribution in [0.15, 0.2) is 54.2 Å². The third-order valence-electron chi connectivity index (χ3n) is 3.72. The van der Waals surface area contributed by atoms with Crippen LogP contribution in [0.3, 0.4) is 0 Å². The molecule has 0 aliphatic heterocycles. The molecule has 0 unspecified atom stereocenters. The summed E-state index contributed by atoms with van der Waals surface area (Å²) < 4.78 is 0. The van der Waals surface area contributed by atoms with E-state index in [-0.39, 0.29) is 27.9 Å². The second-order valence-corrected chi connectivity index (χ2v) is 6.34. The largest absolute Gasteiger partial charge is 0.360 e. The molecule has 0 aromatic heterocycles. The van der Waals surface area contributed by atoms with Crippen LogP contribution in [0.2, 0.25) is 5.02 Å². The van der Waals surface area contributed by atoms with Crippen LogP contribution in [0.5, 0.6) is 0 Å². The van der Waals surface area contributed by atoms with Crippen LogP contribution in [0.1, 0.15) is 25.3 Å². The minimum Gasteiger partial charge on any atom is -0.360 e. The number of para-hydroxylation sites is 1. The quantitative estimate of drug-likeness (QED) is 0.321. The van der Waals surface area contributed by atoms with Crippen molar-refractivity contribution < 1.29 is 9.72 Å². The van der Waals surface area contributed by atoms with Crippen molar-refractivity contribution in [3.63, 3.8) is 0 Å². The zero-order chi connectivity index (χ0) is 20.0. The molecule has 0 radical (unpaired) electrons. The molecule has 0 bridgehead atoms. The molecule has 138 valence electrons. The summed E-state index contributed by atoms with van der Waals surface area (Å²) in [6.45, 7) is 4.07. The first-order valence-corrected chi connectivity index (χ1v) is 8.42. The van der Waals surface area contributed by atoms with Gasteiger partial charge in [-0.05, 0) is 29.7 Å². The van der Waals surface area contributed by atoms with Gasteiger partial charge in [-0.25, -0.2) is 0 Å². The maximum absolute atomic E-state index is 12.3. The minimum absolute atomic E-state index is 0.0407. The average Bonchev–Trinajstić information content (AvgIpc) is 2.63. The summed E-state index contributed by atoms with van der Waals surface area (Å²) in [6, 6.07) is 13.2. The normalized spacial score (nSPS) is 11.0. The van der Waals surface area contributed by atoms with Crippen molar-refractivity contribution in [1.82, 2.24) is 0 Å². The maximum atomic E-state index is 12.3. The van der Waals surface area contributed by atoms with Crippen LogP contribution < -0.4 is 10.6 Å². The van der Waals surface area contributed by atoms with Gasteiger partial charge in [-0.1, -0.05) is 43.6 Å². The van der Waals surface area contributed by atoms with Gasteiger partial charge in [-0.3, -0.25) is 14.9 Å². The molecule has 0 saturated heterocycles. The maximum Gasteiger partial charge on any atom is 0.289 e. The molecule has 0 spiro atoms. The van der Waals surface area contributed by atoms with Crippen LogP contribution in [0, 0.1) is 21.4 Å². The van der Waals surface area contributed by atoms with Gasteiger partial charge < -0.3 is 10.6 Å². The second kappa shape index (κ2) is 8.83. The lowest BCUT2D eigenvalue weighted by molar-refractivity contribution is -0.384. The number of rotatable bonds is 6. The first-order valence-electron chi connectivity index (χ1n) is 8.04. The highest BCUT2D eigenvalue weighted by molar-refractivity contribution is 6.32. The van der Waals surface area contributed by atoms with Crippen molar-refractivity contribution >= 4 is 34.6 Å². The highest BCUT2D eigenvalue weighted by atomic mass is 35.5. The fraction of sp³-hybridized carbons (Fsp3) is 0.158. The van der Waals surface area contributed by atoms with E-state index >= 15 is 0 Å². The van der Waals surface area contributed by atoms with Crippen LogP contribution in [0.25, 0.3) is 0 Å². The molecule has 2 aromatic carbocycles. The molecule has 0 aliphatic rings. The Kier molecular flexibility index (Phi) is 6.52. The molecule has 1 amide bonds. The number of hydrogen-bond donors (Lipinski definition) is 2. The Morgan fingerprint density at radius 1 is 1.30 bits per heavy atom. The number of nitro groups is 1. The number of benzene rings is 2. The van der Waals surface area contributed by atoms with E-state index in [9.17, 15) is 20.2 Å². The van der Waals surface area contributed by atoms with E-state index in [1.807, 2.05) is 44.2 Å². The lowest BCUT2D eigenvalue weighted by Gasteiger charge is -2.12. The Balaban J connectivity index is 2.20. The van der Waals surface area contributed by atoms with Crippen molar-refractivity contribution in [2.45, 2.75) is 19.8 Å². The van der Waals surface area contributed by atoms with Gasteiger partial charge in [0.25, 0.3) is 11.6 Å². The number of halogens is 1. The lowest BCUT2D eigenvalue weighted by Crippen LogP contribution is -2.15. The molecule has 8 heteroatoms. The minimum atomic E-state index is -0.691. The van der Waals surface area contributed by atoms with E-state index in [0.717, 1.165) is 17.3 Å². The van der Waals surface area contributed by atoms with E-state index in [1.54, 1.807) is 0 Å². The van der Waals surface area contributed by atoms with Gasteiger partial charge in [0.05, 0.1) is 4.92 Å². The molecular formula is C19H17ClN4O3. The second-order valence-electron chi connectivity index (χ2n) is 5.93. The fourth-order valence-corrected chi connectivity index (χ4v) is 2.55. The van der Waals surface area contributed by atoms with Gasteiger partial charge in [0.1, 0.15) is 16.7 Å². The Morgan fingerprint density at radius 3 is 2.63 bits per heavy atom. The predicted octanol–water partition coefficient (Wildman–Crippen LogP) is 4.83. The number of nitrogens with one attached hydrogen (secondary N) is 2. The van der Waals surface area contributed by atoms with Crippen LogP contribution in [-0.2, 0) is 4.79 Å². The smallest absolute Gasteiger partial charge is 0.289 e. The summed E-state index contributed by atoms with van der Waals surface area (Å²) in [5.74, 6) is -0.431. The fourth-order valence-electron chi connectivity index (χ4n) is 2.36. The molecule has 7 nitrogen and oxygen atoms in total. The number of carbonyl (C=O) groups excluding carboxylic acids is 1. The molecule has 27 heavy (non-hydrogen) atoms. The van der Waals surface area contributed by atoms with Gasteiger partial charge in [0, 0.05) is 23.6 Å². The zero-order valence-corrected chi connectivity index (χ0v) is 15.4. The number of nitro benzene ring substituents is 1. The van der Waals surface area contributed by atoms with Gasteiger partial charge in [0.2, 0.25) is 0 Å². The van der Waals surface area contributed by atoms with Gasteiger partial charge >= 0.3 is 0 Å². The zero-order valence-electron chi connectivity index (χ0n) is 14.7. The number of hydrogen-bond acceptors (Lipinski definition) is 5. The summed E-state index contributed by atoms with van der Waals surface area (Å²) in [7, 11) is 0. The molecule has 0 saturated carbocycles. The average molecular weight is 385 g/mol. The van der Waals surface area contributed by atoms with Crippen molar-refractivity contribution in [1.29, 1.82) is 5.26 Å². The molecule has 2 aromatic rings. The molecule has 2 N–H and O–H groups in total. The van der Waals surface area contributed by atoms with E-state index in [2.05, 4.69) is 10.6 Å².